The van der Waals surface area contributed by atoms with E-state index in [9.17, 15) is 19.5 Å². The van der Waals surface area contributed by atoms with Crippen LogP contribution < -0.4 is 5.32 Å². The highest BCUT2D eigenvalue weighted by atomic mass is 16.5. The Bertz CT molecular complexity index is 975. The Kier molecular flexibility index (Phi) is 6.44. The van der Waals surface area contributed by atoms with Crippen molar-refractivity contribution in [3.63, 3.8) is 0 Å². The highest BCUT2D eigenvalue weighted by Gasteiger charge is 2.33. The molecule has 0 saturated carbocycles. The number of hydrogen-bond acceptors (Lipinski definition) is 4. The monoisotopic (exact) mass is 436 g/mol. The molecule has 2 aromatic rings. The van der Waals surface area contributed by atoms with Crippen molar-refractivity contribution in [1.29, 1.82) is 0 Å². The second kappa shape index (κ2) is 9.42. The van der Waals surface area contributed by atoms with Gasteiger partial charge in [-0.3, -0.25) is 9.59 Å². The highest BCUT2D eigenvalue weighted by molar-refractivity contribution is 5.86. The van der Waals surface area contributed by atoms with Gasteiger partial charge in [-0.05, 0) is 41.5 Å². The Morgan fingerprint density at radius 1 is 1.09 bits per heavy atom. The fourth-order valence-electron chi connectivity index (χ4n) is 4.72. The number of hydrogen-bond donors (Lipinski definition) is 2. The van der Waals surface area contributed by atoms with E-state index in [4.69, 9.17) is 4.74 Å². The number of carboxylic acid groups (broad SMARTS) is 1. The minimum Gasteiger partial charge on any atom is -0.481 e. The average molecular weight is 437 g/mol. The van der Waals surface area contributed by atoms with Crippen LogP contribution in [-0.4, -0.2) is 53.7 Å². The van der Waals surface area contributed by atoms with Crippen molar-refractivity contribution in [2.24, 2.45) is 5.92 Å². The van der Waals surface area contributed by atoms with E-state index in [2.05, 4.69) is 29.6 Å². The Hall–Kier alpha value is -3.35. The summed E-state index contributed by atoms with van der Waals surface area (Å²) in [6.45, 7) is 2.67. The Labute approximate surface area is 187 Å². The molecular weight excluding hydrogens is 408 g/mol. The average Bonchev–Trinajstić information content (AvgIpc) is 3.14. The maximum atomic E-state index is 12.9. The van der Waals surface area contributed by atoms with E-state index in [-0.39, 0.29) is 25.0 Å². The van der Waals surface area contributed by atoms with E-state index in [0.29, 0.717) is 25.8 Å². The number of carbonyl (C=O) groups is 3. The van der Waals surface area contributed by atoms with Crippen LogP contribution >= 0.6 is 0 Å². The molecule has 2 N–H and O–H groups in total. The van der Waals surface area contributed by atoms with Gasteiger partial charge in [0.2, 0.25) is 5.91 Å². The van der Waals surface area contributed by atoms with Gasteiger partial charge < -0.3 is 20.1 Å². The van der Waals surface area contributed by atoms with Crippen molar-refractivity contribution in [3.05, 3.63) is 59.7 Å². The molecule has 168 valence electrons. The molecule has 7 heteroatoms. The number of ether oxygens (including phenoxy) is 1. The first kappa shape index (κ1) is 21.9. The Balaban J connectivity index is 1.38. The van der Waals surface area contributed by atoms with Crippen LogP contribution in [0.3, 0.4) is 0 Å². The number of rotatable bonds is 6. The lowest BCUT2D eigenvalue weighted by Gasteiger charge is -2.33. The van der Waals surface area contributed by atoms with Crippen LogP contribution in [0.25, 0.3) is 11.1 Å². The minimum atomic E-state index is -0.889. The summed E-state index contributed by atoms with van der Waals surface area (Å²) in [7, 11) is 0. The van der Waals surface area contributed by atoms with Crippen LogP contribution in [-0.2, 0) is 14.3 Å². The van der Waals surface area contributed by atoms with Crippen LogP contribution in [0.4, 0.5) is 4.79 Å². The zero-order valence-corrected chi connectivity index (χ0v) is 18.1. The molecule has 1 heterocycles. The van der Waals surface area contributed by atoms with E-state index >= 15 is 0 Å². The number of alkyl carbamates (subject to hydrolysis) is 1. The van der Waals surface area contributed by atoms with Crippen LogP contribution in [0, 0.1) is 5.92 Å². The number of carbonyl (C=O) groups excluding carboxylic acids is 2. The van der Waals surface area contributed by atoms with Crippen LogP contribution in [0.2, 0.25) is 0 Å². The second-order valence-corrected chi connectivity index (χ2v) is 8.39. The van der Waals surface area contributed by atoms with E-state index < -0.39 is 24.0 Å². The first-order valence-electron chi connectivity index (χ1n) is 11.1. The summed E-state index contributed by atoms with van der Waals surface area (Å²) in [4.78, 5) is 38.3. The smallest absolute Gasteiger partial charge is 0.407 e. The van der Waals surface area contributed by atoms with Crippen molar-refractivity contribution < 1.29 is 24.2 Å². The molecule has 0 bridgehead atoms. The van der Waals surface area contributed by atoms with E-state index in [1.165, 1.54) is 0 Å². The topological polar surface area (TPSA) is 95.9 Å². The molecule has 1 aliphatic heterocycles. The van der Waals surface area contributed by atoms with Gasteiger partial charge in [-0.15, -0.1) is 0 Å². The Morgan fingerprint density at radius 2 is 1.72 bits per heavy atom. The second-order valence-electron chi connectivity index (χ2n) is 8.39. The first-order chi connectivity index (χ1) is 15.5. The van der Waals surface area contributed by atoms with Crippen molar-refractivity contribution >= 4 is 18.0 Å². The molecule has 1 aliphatic carbocycles. The number of benzene rings is 2. The van der Waals surface area contributed by atoms with Crippen molar-refractivity contribution in [1.82, 2.24) is 10.2 Å². The van der Waals surface area contributed by atoms with Gasteiger partial charge in [-0.1, -0.05) is 55.5 Å². The van der Waals surface area contributed by atoms with Gasteiger partial charge >= 0.3 is 12.1 Å². The summed E-state index contributed by atoms with van der Waals surface area (Å²) in [6, 6.07) is 15.5. The number of fused-ring (bicyclic) bond motifs is 3. The van der Waals surface area contributed by atoms with Gasteiger partial charge in [0.25, 0.3) is 0 Å². The summed E-state index contributed by atoms with van der Waals surface area (Å²) >= 11 is 0. The van der Waals surface area contributed by atoms with Gasteiger partial charge in [-0.25, -0.2) is 4.79 Å². The molecule has 2 amide bonds. The van der Waals surface area contributed by atoms with Crippen LogP contribution in [0.15, 0.2) is 48.5 Å². The molecular formula is C25H28N2O5. The molecule has 2 unspecified atom stereocenters. The van der Waals surface area contributed by atoms with Gasteiger partial charge in [0.15, 0.2) is 0 Å². The predicted octanol–water partition coefficient (Wildman–Crippen LogP) is 3.63. The molecule has 0 radical (unpaired) electrons. The number of piperidine rings is 1. The molecule has 2 atom stereocenters. The largest absolute Gasteiger partial charge is 0.481 e. The van der Waals surface area contributed by atoms with E-state index in [1.807, 2.05) is 31.2 Å². The third kappa shape index (κ3) is 4.33. The number of nitrogens with one attached hydrogen (secondary N) is 1. The minimum absolute atomic E-state index is 0.0534. The maximum Gasteiger partial charge on any atom is 0.407 e. The number of amides is 2. The van der Waals surface area contributed by atoms with Gasteiger partial charge in [0, 0.05) is 19.0 Å². The predicted molar refractivity (Wildman–Crippen MR) is 119 cm³/mol. The summed E-state index contributed by atoms with van der Waals surface area (Å²) in [5.74, 6) is -1.76. The van der Waals surface area contributed by atoms with Crippen LogP contribution in [0.1, 0.15) is 43.2 Å². The molecule has 1 fully saturated rings. The molecule has 2 aliphatic rings. The third-order valence-corrected chi connectivity index (χ3v) is 6.42. The third-order valence-electron chi connectivity index (χ3n) is 6.42. The lowest BCUT2D eigenvalue weighted by Crippen LogP contribution is -2.52. The fourth-order valence-corrected chi connectivity index (χ4v) is 4.72. The molecule has 0 aromatic heterocycles. The lowest BCUT2D eigenvalue weighted by atomic mass is 9.97. The summed E-state index contributed by atoms with van der Waals surface area (Å²) in [5, 5.41) is 11.9. The van der Waals surface area contributed by atoms with E-state index in [0.717, 1.165) is 22.3 Å². The van der Waals surface area contributed by atoms with Crippen LogP contribution in [0.5, 0.6) is 0 Å². The van der Waals surface area contributed by atoms with Crippen molar-refractivity contribution in [2.45, 2.75) is 38.1 Å². The fraction of sp³-hybridized carbons (Fsp3) is 0.400. The van der Waals surface area contributed by atoms with Gasteiger partial charge in [-0.2, -0.15) is 0 Å². The molecule has 4 rings (SSSR count). The highest BCUT2D eigenvalue weighted by Crippen LogP contribution is 2.44. The quantitative estimate of drug-likeness (QED) is 0.721. The lowest BCUT2D eigenvalue weighted by molar-refractivity contribution is -0.146. The zero-order valence-electron chi connectivity index (χ0n) is 18.1. The maximum absolute atomic E-state index is 12.9. The van der Waals surface area contributed by atoms with E-state index in [1.54, 1.807) is 4.90 Å². The first-order valence-corrected chi connectivity index (χ1v) is 11.1. The van der Waals surface area contributed by atoms with Gasteiger partial charge in [0.05, 0.1) is 5.92 Å². The van der Waals surface area contributed by atoms with Crippen molar-refractivity contribution in [2.75, 3.05) is 19.7 Å². The number of likely N-dealkylation sites (tertiary alicyclic amines) is 1. The van der Waals surface area contributed by atoms with Gasteiger partial charge in [0.1, 0.15) is 12.6 Å². The summed E-state index contributed by atoms with van der Waals surface area (Å²) in [5.41, 5.74) is 4.55. The van der Waals surface area contributed by atoms with Crippen molar-refractivity contribution in [3.8, 4) is 11.1 Å². The molecule has 32 heavy (non-hydrogen) atoms. The summed E-state index contributed by atoms with van der Waals surface area (Å²) < 4.78 is 5.55. The Morgan fingerprint density at radius 3 is 2.31 bits per heavy atom. The zero-order chi connectivity index (χ0) is 22.7. The SMILES string of the molecule is CCC(NC(=O)OCC1c2ccccc2-c2ccccc21)C(=O)N1CCCC(C(=O)O)C1. The molecule has 1 saturated heterocycles. The molecule has 7 nitrogen and oxygen atoms in total. The number of carboxylic acids is 1. The number of nitrogens with zero attached hydrogens (tertiary/aromatic N) is 1. The number of aliphatic carboxylic acids is 1. The summed E-state index contributed by atoms with van der Waals surface area (Å²) in [6.07, 6.45) is 0.968. The molecule has 2 aromatic carbocycles. The standard InChI is InChI=1S/C25H28N2O5/c1-2-22(23(28)27-13-7-8-16(14-27)24(29)30)26-25(31)32-15-21-19-11-5-3-9-17(19)18-10-4-6-12-20(18)21/h3-6,9-12,16,21-22H,2,7-8,13-15H2,1H3,(H,26,31)(H,29,30). The molecule has 0 spiro atoms. The normalized spacial score (nSPS) is 18.4.